The van der Waals surface area contributed by atoms with E-state index < -0.39 is 28.1 Å². The van der Waals surface area contributed by atoms with Crippen LogP contribution in [-0.2, 0) is 0 Å². The number of nitrogens with one attached hydrogen (secondary N) is 1. The summed E-state index contributed by atoms with van der Waals surface area (Å²) in [6.07, 6.45) is 1.27. The topological polar surface area (TPSA) is 49.3 Å². The molecule has 19 heavy (non-hydrogen) atoms. The monoisotopic (exact) mass is 291 g/mol. The van der Waals surface area contributed by atoms with Crippen molar-refractivity contribution in [1.29, 1.82) is 0 Å². The Bertz CT molecular complexity index is 482. The van der Waals surface area contributed by atoms with Crippen LogP contribution in [0.25, 0.3) is 0 Å². The number of benzene rings is 1. The molecule has 0 aliphatic carbocycles. The molecule has 0 heterocycles. The van der Waals surface area contributed by atoms with Gasteiger partial charge in [0.05, 0.1) is 17.7 Å². The number of hydrogen-bond donors (Lipinski definition) is 2. The van der Waals surface area contributed by atoms with Gasteiger partial charge in [-0.05, 0) is 25.5 Å². The van der Waals surface area contributed by atoms with Crippen LogP contribution in [0.3, 0.4) is 0 Å². The number of hydrogen-bond acceptors (Lipinski definition) is 2. The minimum atomic E-state index is -1.10. The van der Waals surface area contributed by atoms with E-state index in [1.54, 1.807) is 6.92 Å². The van der Waals surface area contributed by atoms with Gasteiger partial charge >= 0.3 is 0 Å². The molecule has 0 aliphatic rings. The lowest BCUT2D eigenvalue weighted by Gasteiger charge is -2.28. The van der Waals surface area contributed by atoms with Crippen LogP contribution >= 0.6 is 11.6 Å². The van der Waals surface area contributed by atoms with Crippen molar-refractivity contribution in [2.24, 2.45) is 0 Å². The van der Waals surface area contributed by atoms with E-state index in [0.717, 1.165) is 18.6 Å². The zero-order valence-corrected chi connectivity index (χ0v) is 11.5. The average molecular weight is 292 g/mol. The van der Waals surface area contributed by atoms with Gasteiger partial charge in [-0.1, -0.05) is 24.9 Å². The minimum Gasteiger partial charge on any atom is -0.394 e. The molecular weight excluding hydrogens is 276 g/mol. The van der Waals surface area contributed by atoms with Crippen molar-refractivity contribution in [1.82, 2.24) is 5.32 Å². The highest BCUT2D eigenvalue weighted by atomic mass is 35.5. The van der Waals surface area contributed by atoms with E-state index in [9.17, 15) is 18.7 Å². The summed E-state index contributed by atoms with van der Waals surface area (Å²) in [6, 6.07) is 1.95. The third-order valence-electron chi connectivity index (χ3n) is 2.85. The van der Waals surface area contributed by atoms with E-state index in [-0.39, 0.29) is 12.2 Å². The summed E-state index contributed by atoms with van der Waals surface area (Å²) in [6.45, 7) is 3.27. The second-order valence-corrected chi connectivity index (χ2v) is 5.02. The fourth-order valence-corrected chi connectivity index (χ4v) is 1.94. The van der Waals surface area contributed by atoms with Gasteiger partial charge in [0.15, 0.2) is 5.82 Å². The van der Waals surface area contributed by atoms with Crippen LogP contribution in [-0.4, -0.2) is 23.2 Å². The molecule has 1 aromatic rings. The quantitative estimate of drug-likeness (QED) is 0.820. The molecule has 0 fully saturated rings. The number of rotatable bonds is 5. The smallest absolute Gasteiger partial charge is 0.254 e. The predicted molar refractivity (Wildman–Crippen MR) is 69.2 cm³/mol. The van der Waals surface area contributed by atoms with Gasteiger partial charge < -0.3 is 10.4 Å². The van der Waals surface area contributed by atoms with Gasteiger partial charge in [-0.15, -0.1) is 0 Å². The first kappa shape index (κ1) is 15.9. The van der Waals surface area contributed by atoms with Gasteiger partial charge in [0.25, 0.3) is 5.91 Å². The molecule has 0 saturated carbocycles. The molecule has 1 rings (SSSR count). The molecule has 1 amide bonds. The van der Waals surface area contributed by atoms with Crippen LogP contribution < -0.4 is 5.32 Å². The Hall–Kier alpha value is -1.20. The van der Waals surface area contributed by atoms with Crippen molar-refractivity contribution in [3.63, 3.8) is 0 Å². The highest BCUT2D eigenvalue weighted by Gasteiger charge is 2.27. The Kier molecular flexibility index (Phi) is 5.26. The minimum absolute atomic E-state index is 0.275. The summed E-state index contributed by atoms with van der Waals surface area (Å²) in [7, 11) is 0. The fourth-order valence-electron chi connectivity index (χ4n) is 1.78. The van der Waals surface area contributed by atoms with Gasteiger partial charge in [-0.2, -0.15) is 0 Å². The van der Waals surface area contributed by atoms with E-state index in [2.05, 4.69) is 5.32 Å². The first-order chi connectivity index (χ1) is 8.84. The second kappa shape index (κ2) is 6.30. The largest absolute Gasteiger partial charge is 0.394 e. The summed E-state index contributed by atoms with van der Waals surface area (Å²) in [5.74, 6) is -2.76. The molecule has 0 bridgehead atoms. The number of carbonyl (C=O) groups excluding carboxylic acids is 1. The molecule has 6 heteroatoms. The lowest BCUT2D eigenvalue weighted by atomic mass is 9.96. The number of aliphatic hydroxyl groups is 1. The van der Waals surface area contributed by atoms with Crippen LogP contribution in [0.2, 0.25) is 5.02 Å². The van der Waals surface area contributed by atoms with Crippen LogP contribution in [0.1, 0.15) is 37.0 Å². The predicted octanol–water partition coefficient (Wildman–Crippen LogP) is 2.90. The van der Waals surface area contributed by atoms with Gasteiger partial charge in [-0.25, -0.2) is 8.78 Å². The second-order valence-electron chi connectivity index (χ2n) is 4.65. The van der Waals surface area contributed by atoms with Gasteiger partial charge in [-0.3, -0.25) is 4.79 Å². The first-order valence-electron chi connectivity index (χ1n) is 5.91. The highest BCUT2D eigenvalue weighted by Crippen LogP contribution is 2.22. The maximum absolute atomic E-state index is 13.7. The summed E-state index contributed by atoms with van der Waals surface area (Å²) in [5.41, 5.74) is -1.19. The van der Waals surface area contributed by atoms with E-state index in [0.29, 0.717) is 6.42 Å². The van der Waals surface area contributed by atoms with E-state index >= 15 is 0 Å². The number of halogens is 3. The summed E-state index contributed by atoms with van der Waals surface area (Å²) in [5, 5.41) is 11.1. The van der Waals surface area contributed by atoms with Gasteiger partial charge in [0.2, 0.25) is 0 Å². The van der Waals surface area contributed by atoms with E-state index in [4.69, 9.17) is 11.6 Å². The Morgan fingerprint density at radius 2 is 2.11 bits per heavy atom. The highest BCUT2D eigenvalue weighted by molar-refractivity contribution is 6.31. The summed E-state index contributed by atoms with van der Waals surface area (Å²) in [4.78, 5) is 11.9. The first-order valence-corrected chi connectivity index (χ1v) is 6.29. The summed E-state index contributed by atoms with van der Waals surface area (Å²) >= 11 is 5.41. The van der Waals surface area contributed by atoms with Crippen molar-refractivity contribution in [3.05, 3.63) is 34.4 Å². The van der Waals surface area contributed by atoms with Crippen molar-refractivity contribution in [3.8, 4) is 0 Å². The van der Waals surface area contributed by atoms with Crippen molar-refractivity contribution in [2.45, 2.75) is 32.2 Å². The number of aliphatic hydroxyl groups excluding tert-OH is 1. The Morgan fingerprint density at radius 3 is 2.63 bits per heavy atom. The molecule has 0 radical (unpaired) electrons. The normalized spacial score (nSPS) is 14.0. The Balaban J connectivity index is 2.99. The molecule has 1 atom stereocenters. The van der Waals surface area contributed by atoms with Gasteiger partial charge in [0, 0.05) is 0 Å². The fraction of sp³-hybridized carbons (Fsp3) is 0.462. The molecule has 3 nitrogen and oxygen atoms in total. The summed E-state index contributed by atoms with van der Waals surface area (Å²) < 4.78 is 26.7. The third-order valence-corrected chi connectivity index (χ3v) is 3.19. The molecule has 106 valence electrons. The number of amides is 1. The van der Waals surface area contributed by atoms with Crippen LogP contribution in [0, 0.1) is 11.6 Å². The molecule has 0 saturated heterocycles. The maximum atomic E-state index is 13.7. The molecule has 2 N–H and O–H groups in total. The lowest BCUT2D eigenvalue weighted by molar-refractivity contribution is 0.0837. The van der Waals surface area contributed by atoms with Crippen molar-refractivity contribution < 1.29 is 18.7 Å². The standard InChI is InChI=1S/C13H16ClF2NO2/c1-3-6-13(2,7-18)17-12(19)8-4-5-9(15)10(14)11(8)16/h4-5,18H,3,6-7H2,1-2H3,(H,17,19)/t13-/m0/s1. The van der Waals surface area contributed by atoms with E-state index in [1.807, 2.05) is 6.92 Å². The molecular formula is C13H16ClF2NO2. The molecule has 1 aromatic carbocycles. The molecule has 0 aliphatic heterocycles. The van der Waals surface area contributed by atoms with Crippen molar-refractivity contribution in [2.75, 3.05) is 6.61 Å². The molecule has 0 spiro atoms. The average Bonchev–Trinajstić information content (AvgIpc) is 2.36. The Morgan fingerprint density at radius 1 is 1.47 bits per heavy atom. The zero-order chi connectivity index (χ0) is 14.6. The van der Waals surface area contributed by atoms with Gasteiger partial charge in [0.1, 0.15) is 10.8 Å². The third kappa shape index (κ3) is 3.64. The Labute approximate surface area is 115 Å². The zero-order valence-electron chi connectivity index (χ0n) is 10.8. The van der Waals surface area contributed by atoms with Crippen LogP contribution in [0.4, 0.5) is 8.78 Å². The van der Waals surface area contributed by atoms with Crippen LogP contribution in [0.5, 0.6) is 0 Å². The maximum Gasteiger partial charge on any atom is 0.254 e. The van der Waals surface area contributed by atoms with E-state index in [1.165, 1.54) is 0 Å². The van der Waals surface area contributed by atoms with Crippen molar-refractivity contribution >= 4 is 17.5 Å². The van der Waals surface area contributed by atoms with Crippen LogP contribution in [0.15, 0.2) is 12.1 Å². The number of carbonyl (C=O) groups is 1. The SMILES string of the molecule is CCC[C@@](C)(CO)NC(=O)c1ccc(F)c(Cl)c1F. The molecule has 0 unspecified atom stereocenters. The molecule has 0 aromatic heterocycles. The lowest BCUT2D eigenvalue weighted by Crippen LogP contribution is -2.49.